The molecular weight excluding hydrogens is 170 g/mol. The third-order valence-corrected chi connectivity index (χ3v) is 3.94. The van der Waals surface area contributed by atoms with Gasteiger partial charge >= 0.3 is 0 Å². The summed E-state index contributed by atoms with van der Waals surface area (Å²) in [6.07, 6.45) is 13.4. The van der Waals surface area contributed by atoms with E-state index in [1.54, 1.807) is 0 Å². The summed E-state index contributed by atoms with van der Waals surface area (Å²) in [5, 5.41) is 0. The van der Waals surface area contributed by atoms with Gasteiger partial charge in [-0.3, -0.25) is 0 Å². The van der Waals surface area contributed by atoms with Crippen LogP contribution in [0.5, 0.6) is 0 Å². The zero-order valence-corrected chi connectivity index (χ0v) is 9.51. The van der Waals surface area contributed by atoms with Crippen LogP contribution >= 0.6 is 0 Å². The van der Waals surface area contributed by atoms with Crippen LogP contribution in [0.15, 0.2) is 0 Å². The van der Waals surface area contributed by atoms with Gasteiger partial charge in [0.2, 0.25) is 0 Å². The summed E-state index contributed by atoms with van der Waals surface area (Å²) in [7, 11) is 0. The fraction of sp³-hybridized carbons (Fsp3) is 1.00. The van der Waals surface area contributed by atoms with E-state index in [1.165, 1.54) is 77.4 Å². The molecule has 0 spiro atoms. The predicted molar refractivity (Wildman–Crippen MR) is 61.5 cm³/mol. The molecule has 2 aliphatic rings. The van der Waals surface area contributed by atoms with E-state index in [0.717, 1.165) is 5.92 Å². The second-order valence-corrected chi connectivity index (χ2v) is 5.22. The molecule has 0 aromatic heterocycles. The lowest BCUT2D eigenvalue weighted by atomic mass is 9.89. The smallest absolute Gasteiger partial charge is 0.000965 e. The lowest BCUT2D eigenvalue weighted by Gasteiger charge is -2.28. The number of hydrogen-bond donors (Lipinski definition) is 0. The first-order valence-corrected chi connectivity index (χ1v) is 6.67. The Morgan fingerprint density at radius 3 is 1.93 bits per heavy atom. The van der Waals surface area contributed by atoms with Crippen LogP contribution in [0.1, 0.15) is 57.8 Å². The third kappa shape index (κ3) is 3.27. The van der Waals surface area contributed by atoms with Crippen molar-refractivity contribution in [2.24, 2.45) is 5.92 Å². The molecular formula is C13H25N. The summed E-state index contributed by atoms with van der Waals surface area (Å²) in [6, 6.07) is 0. The molecule has 0 unspecified atom stereocenters. The normalized spacial score (nSPS) is 27.4. The van der Waals surface area contributed by atoms with Gasteiger partial charge in [0.15, 0.2) is 0 Å². The second kappa shape index (κ2) is 5.75. The van der Waals surface area contributed by atoms with Crippen molar-refractivity contribution in [2.75, 3.05) is 19.6 Å². The highest BCUT2D eigenvalue weighted by atomic mass is 15.1. The van der Waals surface area contributed by atoms with Gasteiger partial charge in [-0.05, 0) is 44.7 Å². The van der Waals surface area contributed by atoms with Crippen molar-refractivity contribution in [2.45, 2.75) is 57.8 Å². The van der Waals surface area contributed by atoms with Gasteiger partial charge in [0.1, 0.15) is 0 Å². The van der Waals surface area contributed by atoms with E-state index < -0.39 is 0 Å². The molecule has 2 rings (SSSR count). The van der Waals surface area contributed by atoms with Crippen LogP contribution in [0.4, 0.5) is 0 Å². The molecule has 0 N–H and O–H groups in total. The van der Waals surface area contributed by atoms with E-state index in [2.05, 4.69) is 4.90 Å². The zero-order valence-electron chi connectivity index (χ0n) is 9.51. The Bertz CT molecular complexity index is 141. The number of hydrogen-bond acceptors (Lipinski definition) is 1. The van der Waals surface area contributed by atoms with Crippen LogP contribution in [0.3, 0.4) is 0 Å². The molecule has 0 aromatic rings. The van der Waals surface area contributed by atoms with Gasteiger partial charge in [-0.15, -0.1) is 0 Å². The quantitative estimate of drug-likeness (QED) is 0.652. The molecule has 0 amide bonds. The van der Waals surface area contributed by atoms with Gasteiger partial charge in [0, 0.05) is 6.54 Å². The van der Waals surface area contributed by atoms with Crippen molar-refractivity contribution >= 4 is 0 Å². The van der Waals surface area contributed by atoms with E-state index in [9.17, 15) is 0 Å². The van der Waals surface area contributed by atoms with E-state index in [1.807, 2.05) is 0 Å². The van der Waals surface area contributed by atoms with Crippen molar-refractivity contribution in [3.63, 3.8) is 0 Å². The monoisotopic (exact) mass is 195 g/mol. The minimum Gasteiger partial charge on any atom is -0.303 e. The molecule has 0 radical (unpaired) electrons. The summed E-state index contributed by atoms with van der Waals surface area (Å²) in [5.41, 5.74) is 0. The Hall–Kier alpha value is -0.0400. The van der Waals surface area contributed by atoms with Crippen LogP contribution < -0.4 is 0 Å². The number of likely N-dealkylation sites (tertiary alicyclic amines) is 1. The van der Waals surface area contributed by atoms with Crippen LogP contribution in [0.25, 0.3) is 0 Å². The topological polar surface area (TPSA) is 3.24 Å². The zero-order chi connectivity index (χ0) is 9.64. The summed E-state index contributed by atoms with van der Waals surface area (Å²) in [6.45, 7) is 4.19. The van der Waals surface area contributed by atoms with Crippen molar-refractivity contribution in [3.05, 3.63) is 0 Å². The van der Waals surface area contributed by atoms with Crippen molar-refractivity contribution < 1.29 is 0 Å². The summed E-state index contributed by atoms with van der Waals surface area (Å²) < 4.78 is 0. The Kier molecular flexibility index (Phi) is 4.30. The van der Waals surface area contributed by atoms with Gasteiger partial charge in [0.25, 0.3) is 0 Å². The molecule has 0 atom stereocenters. The Labute approximate surface area is 88.9 Å². The molecule has 1 nitrogen and oxygen atoms in total. The Balaban J connectivity index is 1.71. The van der Waals surface area contributed by atoms with Crippen molar-refractivity contribution in [1.82, 2.24) is 4.90 Å². The van der Waals surface area contributed by atoms with Crippen LogP contribution in [-0.4, -0.2) is 24.5 Å². The molecule has 82 valence electrons. The number of nitrogens with zero attached hydrogens (tertiary/aromatic N) is 1. The first kappa shape index (κ1) is 10.5. The standard InChI is InChI=1S/C13H25N/c1-2-7-11-14(10-6-1)12-13-8-4-3-5-9-13/h13H,1-12H2. The average molecular weight is 195 g/mol. The van der Waals surface area contributed by atoms with Crippen LogP contribution in [0.2, 0.25) is 0 Å². The van der Waals surface area contributed by atoms with Gasteiger partial charge in [0.05, 0.1) is 0 Å². The first-order chi connectivity index (χ1) is 6.95. The van der Waals surface area contributed by atoms with Crippen molar-refractivity contribution in [1.29, 1.82) is 0 Å². The van der Waals surface area contributed by atoms with E-state index >= 15 is 0 Å². The Morgan fingerprint density at radius 2 is 1.29 bits per heavy atom. The first-order valence-electron chi connectivity index (χ1n) is 6.67. The predicted octanol–water partition coefficient (Wildman–Crippen LogP) is 3.44. The lowest BCUT2D eigenvalue weighted by Crippen LogP contribution is -2.31. The van der Waals surface area contributed by atoms with Gasteiger partial charge in [-0.25, -0.2) is 0 Å². The van der Waals surface area contributed by atoms with Crippen LogP contribution in [-0.2, 0) is 0 Å². The minimum atomic E-state index is 1.04. The molecule has 14 heavy (non-hydrogen) atoms. The molecule has 1 heterocycles. The fourth-order valence-electron chi connectivity index (χ4n) is 3.05. The second-order valence-electron chi connectivity index (χ2n) is 5.22. The average Bonchev–Trinajstić information content (AvgIpc) is 2.48. The van der Waals surface area contributed by atoms with E-state index in [0.29, 0.717) is 0 Å². The highest BCUT2D eigenvalue weighted by Gasteiger charge is 2.17. The fourth-order valence-corrected chi connectivity index (χ4v) is 3.05. The number of rotatable bonds is 2. The van der Waals surface area contributed by atoms with Gasteiger partial charge < -0.3 is 4.90 Å². The molecule has 0 bridgehead atoms. The third-order valence-electron chi connectivity index (χ3n) is 3.94. The summed E-state index contributed by atoms with van der Waals surface area (Å²) in [5.74, 6) is 1.04. The maximum atomic E-state index is 2.74. The molecule has 2 fully saturated rings. The molecule has 1 saturated carbocycles. The van der Waals surface area contributed by atoms with Gasteiger partial charge in [-0.2, -0.15) is 0 Å². The largest absolute Gasteiger partial charge is 0.303 e. The lowest BCUT2D eigenvalue weighted by molar-refractivity contribution is 0.206. The molecule has 1 heteroatoms. The summed E-state index contributed by atoms with van der Waals surface area (Å²) in [4.78, 5) is 2.74. The van der Waals surface area contributed by atoms with E-state index in [4.69, 9.17) is 0 Å². The van der Waals surface area contributed by atoms with Crippen molar-refractivity contribution in [3.8, 4) is 0 Å². The highest BCUT2D eigenvalue weighted by Crippen LogP contribution is 2.25. The van der Waals surface area contributed by atoms with Gasteiger partial charge in [-0.1, -0.05) is 32.1 Å². The minimum absolute atomic E-state index is 1.04. The highest BCUT2D eigenvalue weighted by molar-refractivity contribution is 4.72. The van der Waals surface area contributed by atoms with Crippen LogP contribution in [0, 0.1) is 5.92 Å². The maximum Gasteiger partial charge on any atom is 0.000965 e. The molecule has 1 aliphatic heterocycles. The molecule has 1 saturated heterocycles. The molecule has 1 aliphatic carbocycles. The Morgan fingerprint density at radius 1 is 0.714 bits per heavy atom. The summed E-state index contributed by atoms with van der Waals surface area (Å²) >= 11 is 0. The SMILES string of the molecule is C1CCC(CN2CCCCCC2)CC1. The van der Waals surface area contributed by atoms with E-state index in [-0.39, 0.29) is 0 Å². The molecule has 0 aromatic carbocycles. The maximum absolute atomic E-state index is 2.74.